The minimum absolute atomic E-state index is 0.829. The molecule has 1 aliphatic rings. The molecule has 1 aromatic rings. The van der Waals surface area contributed by atoms with Crippen LogP contribution in [0.2, 0.25) is 0 Å². The van der Waals surface area contributed by atoms with Gasteiger partial charge in [0.1, 0.15) is 0 Å². The van der Waals surface area contributed by atoms with E-state index < -0.39 is 0 Å². The lowest BCUT2D eigenvalue weighted by Gasteiger charge is -2.22. The van der Waals surface area contributed by atoms with E-state index in [1.165, 1.54) is 42.1 Å². The van der Waals surface area contributed by atoms with Gasteiger partial charge in [0.05, 0.1) is 0 Å². The Morgan fingerprint density at radius 3 is 2.50 bits per heavy atom. The standard InChI is InChI=1S/C13H17Br/c1-10-9-12(7-8-13(10)14)11-5-3-2-4-6-11/h7-9,11H,2-6H2,1H3. The van der Waals surface area contributed by atoms with Gasteiger partial charge >= 0.3 is 0 Å². The summed E-state index contributed by atoms with van der Waals surface area (Å²) in [7, 11) is 0. The van der Waals surface area contributed by atoms with Crippen LogP contribution in [-0.4, -0.2) is 0 Å². The van der Waals surface area contributed by atoms with Crippen molar-refractivity contribution in [3.63, 3.8) is 0 Å². The van der Waals surface area contributed by atoms with Crippen molar-refractivity contribution < 1.29 is 0 Å². The topological polar surface area (TPSA) is 0 Å². The van der Waals surface area contributed by atoms with Crippen LogP contribution in [0.5, 0.6) is 0 Å². The number of hydrogen-bond donors (Lipinski definition) is 0. The second-order valence-electron chi connectivity index (χ2n) is 4.34. The fourth-order valence-electron chi connectivity index (χ4n) is 2.36. The molecule has 1 aliphatic carbocycles. The highest BCUT2D eigenvalue weighted by atomic mass is 79.9. The number of rotatable bonds is 1. The molecule has 1 fully saturated rings. The molecule has 0 aliphatic heterocycles. The Morgan fingerprint density at radius 1 is 1.14 bits per heavy atom. The summed E-state index contributed by atoms with van der Waals surface area (Å²) in [5.74, 6) is 0.829. The maximum absolute atomic E-state index is 3.55. The normalized spacial score (nSPS) is 18.4. The van der Waals surface area contributed by atoms with Gasteiger partial charge in [0.25, 0.3) is 0 Å². The van der Waals surface area contributed by atoms with Gasteiger partial charge in [0, 0.05) is 4.47 Å². The first-order chi connectivity index (χ1) is 6.77. The Kier molecular flexibility index (Phi) is 3.27. The van der Waals surface area contributed by atoms with Crippen molar-refractivity contribution in [2.24, 2.45) is 0 Å². The van der Waals surface area contributed by atoms with E-state index in [0.717, 1.165) is 5.92 Å². The van der Waals surface area contributed by atoms with Gasteiger partial charge in [-0.15, -0.1) is 0 Å². The van der Waals surface area contributed by atoms with Gasteiger partial charge in [-0.3, -0.25) is 0 Å². The Bertz CT molecular complexity index is 311. The average Bonchev–Trinajstić information content (AvgIpc) is 2.23. The lowest BCUT2D eigenvalue weighted by molar-refractivity contribution is 0.443. The molecule has 1 heteroatoms. The SMILES string of the molecule is Cc1cc(C2CCCCC2)ccc1Br. The molecule has 0 aromatic heterocycles. The highest BCUT2D eigenvalue weighted by Crippen LogP contribution is 2.33. The van der Waals surface area contributed by atoms with Gasteiger partial charge in [0.2, 0.25) is 0 Å². The zero-order valence-electron chi connectivity index (χ0n) is 8.72. The molecule has 0 saturated heterocycles. The highest BCUT2D eigenvalue weighted by molar-refractivity contribution is 9.10. The zero-order valence-corrected chi connectivity index (χ0v) is 10.3. The third-order valence-electron chi connectivity index (χ3n) is 3.26. The Morgan fingerprint density at radius 2 is 1.86 bits per heavy atom. The van der Waals surface area contributed by atoms with Crippen LogP contribution in [0.25, 0.3) is 0 Å². The summed E-state index contributed by atoms with van der Waals surface area (Å²) in [6.45, 7) is 2.18. The predicted molar refractivity (Wildman–Crippen MR) is 64.7 cm³/mol. The van der Waals surface area contributed by atoms with Crippen LogP contribution < -0.4 is 0 Å². The van der Waals surface area contributed by atoms with Crippen molar-refractivity contribution in [2.75, 3.05) is 0 Å². The minimum atomic E-state index is 0.829. The monoisotopic (exact) mass is 252 g/mol. The van der Waals surface area contributed by atoms with Crippen LogP contribution in [-0.2, 0) is 0 Å². The third kappa shape index (κ3) is 2.20. The largest absolute Gasteiger partial charge is 0.0576 e. The Balaban J connectivity index is 2.18. The molecular weight excluding hydrogens is 236 g/mol. The molecule has 1 aromatic carbocycles. The van der Waals surface area contributed by atoms with Crippen LogP contribution in [0.1, 0.15) is 49.1 Å². The van der Waals surface area contributed by atoms with Gasteiger partial charge in [-0.05, 0) is 42.9 Å². The molecule has 0 spiro atoms. The quantitative estimate of drug-likeness (QED) is 0.674. The number of benzene rings is 1. The number of halogens is 1. The van der Waals surface area contributed by atoms with Crippen molar-refractivity contribution >= 4 is 15.9 Å². The molecule has 76 valence electrons. The van der Waals surface area contributed by atoms with Crippen LogP contribution in [0.15, 0.2) is 22.7 Å². The average molecular weight is 253 g/mol. The summed E-state index contributed by atoms with van der Waals surface area (Å²) in [4.78, 5) is 0. The molecule has 0 atom stereocenters. The van der Waals surface area contributed by atoms with E-state index in [2.05, 4.69) is 41.1 Å². The number of hydrogen-bond acceptors (Lipinski definition) is 0. The van der Waals surface area contributed by atoms with E-state index in [1.54, 1.807) is 5.56 Å². The lowest BCUT2D eigenvalue weighted by atomic mass is 9.84. The summed E-state index contributed by atoms with van der Waals surface area (Å²) >= 11 is 3.55. The van der Waals surface area contributed by atoms with Crippen molar-refractivity contribution in [1.82, 2.24) is 0 Å². The minimum Gasteiger partial charge on any atom is -0.0576 e. The van der Waals surface area contributed by atoms with Crippen molar-refractivity contribution in [1.29, 1.82) is 0 Å². The molecule has 0 N–H and O–H groups in total. The summed E-state index contributed by atoms with van der Waals surface area (Å²) in [5.41, 5.74) is 2.92. The molecule has 0 heterocycles. The van der Waals surface area contributed by atoms with Crippen molar-refractivity contribution in [3.8, 4) is 0 Å². The third-order valence-corrected chi connectivity index (χ3v) is 4.15. The lowest BCUT2D eigenvalue weighted by Crippen LogP contribution is -2.04. The second kappa shape index (κ2) is 4.48. The molecule has 14 heavy (non-hydrogen) atoms. The maximum atomic E-state index is 3.55. The summed E-state index contributed by atoms with van der Waals surface area (Å²) in [6.07, 6.45) is 7.05. The van der Waals surface area contributed by atoms with E-state index in [1.807, 2.05) is 0 Å². The van der Waals surface area contributed by atoms with Crippen LogP contribution in [0.3, 0.4) is 0 Å². The van der Waals surface area contributed by atoms with E-state index in [9.17, 15) is 0 Å². The van der Waals surface area contributed by atoms with Gasteiger partial charge < -0.3 is 0 Å². The van der Waals surface area contributed by atoms with Crippen LogP contribution in [0, 0.1) is 6.92 Å². The molecule has 2 rings (SSSR count). The molecule has 1 saturated carbocycles. The Labute approximate surface area is 94.8 Å². The van der Waals surface area contributed by atoms with E-state index in [4.69, 9.17) is 0 Å². The molecule has 0 amide bonds. The van der Waals surface area contributed by atoms with Crippen molar-refractivity contribution in [2.45, 2.75) is 44.9 Å². The molecule has 0 bridgehead atoms. The van der Waals surface area contributed by atoms with Crippen LogP contribution >= 0.6 is 15.9 Å². The summed E-state index contributed by atoms with van der Waals surface area (Å²) in [5, 5.41) is 0. The fourth-order valence-corrected chi connectivity index (χ4v) is 2.60. The highest BCUT2D eigenvalue weighted by Gasteiger charge is 2.15. The van der Waals surface area contributed by atoms with Gasteiger partial charge in [-0.2, -0.15) is 0 Å². The molecule has 0 radical (unpaired) electrons. The molecule has 0 unspecified atom stereocenters. The van der Waals surface area contributed by atoms with E-state index in [0.29, 0.717) is 0 Å². The zero-order chi connectivity index (χ0) is 9.97. The predicted octanol–water partition coefficient (Wildman–Crippen LogP) is 4.81. The fraction of sp³-hybridized carbons (Fsp3) is 0.538. The van der Waals surface area contributed by atoms with E-state index in [-0.39, 0.29) is 0 Å². The van der Waals surface area contributed by atoms with Gasteiger partial charge in [0.15, 0.2) is 0 Å². The van der Waals surface area contributed by atoms with Gasteiger partial charge in [-0.1, -0.05) is 47.3 Å². The first-order valence-corrected chi connectivity index (χ1v) is 6.33. The van der Waals surface area contributed by atoms with E-state index >= 15 is 0 Å². The maximum Gasteiger partial charge on any atom is 0.0204 e. The smallest absolute Gasteiger partial charge is 0.0204 e. The Hall–Kier alpha value is -0.300. The molecular formula is C13H17Br. The first kappa shape index (κ1) is 10.2. The molecule has 0 nitrogen and oxygen atoms in total. The number of aryl methyl sites for hydroxylation is 1. The first-order valence-electron chi connectivity index (χ1n) is 5.53. The second-order valence-corrected chi connectivity index (χ2v) is 5.20. The van der Waals surface area contributed by atoms with Gasteiger partial charge in [-0.25, -0.2) is 0 Å². The van der Waals surface area contributed by atoms with Crippen molar-refractivity contribution in [3.05, 3.63) is 33.8 Å². The van der Waals surface area contributed by atoms with Crippen LogP contribution in [0.4, 0.5) is 0 Å². The summed E-state index contributed by atoms with van der Waals surface area (Å²) < 4.78 is 1.23. The summed E-state index contributed by atoms with van der Waals surface area (Å²) in [6, 6.07) is 6.83.